The molecule has 0 bridgehead atoms. The molecule has 0 amide bonds. The molecule has 2 aromatic rings. The summed E-state index contributed by atoms with van der Waals surface area (Å²) < 4.78 is 5.50. The van der Waals surface area contributed by atoms with Crippen LogP contribution >= 0.6 is 11.3 Å². The maximum atomic E-state index is 11.2. The highest BCUT2D eigenvalue weighted by Gasteiger charge is 2.35. The van der Waals surface area contributed by atoms with Crippen molar-refractivity contribution >= 4 is 22.4 Å². The molecule has 3 heterocycles. The molecule has 0 unspecified atom stereocenters. The van der Waals surface area contributed by atoms with Crippen molar-refractivity contribution < 1.29 is 14.6 Å². The number of ether oxygens (including phenoxy) is 1. The van der Waals surface area contributed by atoms with Crippen LogP contribution in [0.1, 0.15) is 19.3 Å². The molecule has 0 saturated carbocycles. The fraction of sp³-hybridized carbons (Fsp3) is 0.550. The second kappa shape index (κ2) is 8.98. The van der Waals surface area contributed by atoms with Crippen LogP contribution < -0.4 is 4.90 Å². The van der Waals surface area contributed by atoms with E-state index < -0.39 is 5.97 Å². The standard InChI is InChI=1S/C20H26N4O3S/c25-18(26)7-6-16-14-24(9-8-17(16)23-10-12-27-13-11-23)20-22-21-19(28-20)15-4-2-1-3-5-15/h1-5,16-17H,6-14H2,(H,25,26)/t16-,17+/m1/s1. The van der Waals surface area contributed by atoms with Crippen LogP contribution in [0.3, 0.4) is 0 Å². The Bertz CT molecular complexity index is 779. The summed E-state index contributed by atoms with van der Waals surface area (Å²) in [6, 6.07) is 10.5. The summed E-state index contributed by atoms with van der Waals surface area (Å²) in [6.07, 6.45) is 1.92. The van der Waals surface area contributed by atoms with Crippen LogP contribution in [0.2, 0.25) is 0 Å². The summed E-state index contributed by atoms with van der Waals surface area (Å²) in [7, 11) is 0. The summed E-state index contributed by atoms with van der Waals surface area (Å²) >= 11 is 1.61. The van der Waals surface area contributed by atoms with E-state index in [1.165, 1.54) is 0 Å². The zero-order valence-corrected chi connectivity index (χ0v) is 16.7. The van der Waals surface area contributed by atoms with Crippen molar-refractivity contribution in [3.8, 4) is 10.6 Å². The first-order valence-electron chi connectivity index (χ1n) is 9.88. The van der Waals surface area contributed by atoms with Gasteiger partial charge in [-0.1, -0.05) is 41.7 Å². The van der Waals surface area contributed by atoms with E-state index in [1.54, 1.807) is 11.3 Å². The number of anilines is 1. The van der Waals surface area contributed by atoms with Gasteiger partial charge >= 0.3 is 5.97 Å². The van der Waals surface area contributed by atoms with Crippen molar-refractivity contribution in [2.45, 2.75) is 25.3 Å². The Balaban J connectivity index is 1.47. The molecule has 150 valence electrons. The lowest BCUT2D eigenvalue weighted by atomic mass is 9.87. The van der Waals surface area contributed by atoms with Crippen molar-refractivity contribution in [2.24, 2.45) is 5.92 Å². The van der Waals surface area contributed by atoms with E-state index in [4.69, 9.17) is 4.74 Å². The first-order chi connectivity index (χ1) is 13.7. The number of rotatable bonds is 6. The third kappa shape index (κ3) is 4.51. The molecular weight excluding hydrogens is 376 g/mol. The lowest BCUT2D eigenvalue weighted by molar-refractivity contribution is -0.137. The van der Waals surface area contributed by atoms with Gasteiger partial charge in [0, 0.05) is 44.2 Å². The monoisotopic (exact) mass is 402 g/mol. The van der Waals surface area contributed by atoms with E-state index in [9.17, 15) is 9.90 Å². The number of piperidine rings is 1. The van der Waals surface area contributed by atoms with Gasteiger partial charge in [0.15, 0.2) is 0 Å². The molecule has 0 aliphatic carbocycles. The Labute approximate surface area is 168 Å². The molecule has 1 aromatic heterocycles. The molecule has 0 spiro atoms. The second-order valence-electron chi connectivity index (χ2n) is 7.40. The molecule has 28 heavy (non-hydrogen) atoms. The molecule has 1 N–H and O–H groups in total. The van der Waals surface area contributed by atoms with Gasteiger partial charge in [-0.3, -0.25) is 9.69 Å². The summed E-state index contributed by atoms with van der Waals surface area (Å²) in [5, 5.41) is 19.8. The van der Waals surface area contributed by atoms with Gasteiger partial charge in [-0.25, -0.2) is 0 Å². The number of aliphatic carboxylic acids is 1. The van der Waals surface area contributed by atoms with E-state index >= 15 is 0 Å². The largest absolute Gasteiger partial charge is 0.481 e. The van der Waals surface area contributed by atoms with Crippen molar-refractivity contribution in [1.29, 1.82) is 0 Å². The zero-order chi connectivity index (χ0) is 19.3. The predicted octanol–water partition coefficient (Wildman–Crippen LogP) is 2.60. The van der Waals surface area contributed by atoms with Crippen LogP contribution in [0.5, 0.6) is 0 Å². The van der Waals surface area contributed by atoms with Crippen LogP contribution in [0, 0.1) is 5.92 Å². The van der Waals surface area contributed by atoms with Crippen molar-refractivity contribution in [2.75, 3.05) is 44.3 Å². The normalized spacial score (nSPS) is 23.6. The molecule has 2 atom stereocenters. The summed E-state index contributed by atoms with van der Waals surface area (Å²) in [4.78, 5) is 15.9. The maximum absolute atomic E-state index is 11.2. The van der Waals surface area contributed by atoms with E-state index in [0.717, 1.165) is 61.5 Å². The number of carboxylic acid groups (broad SMARTS) is 1. The zero-order valence-electron chi connectivity index (χ0n) is 15.9. The van der Waals surface area contributed by atoms with Gasteiger partial charge in [-0.05, 0) is 18.8 Å². The van der Waals surface area contributed by atoms with E-state index in [1.807, 2.05) is 30.3 Å². The topological polar surface area (TPSA) is 78.8 Å². The average Bonchev–Trinajstić information content (AvgIpc) is 3.24. The molecular formula is C20H26N4O3S. The van der Waals surface area contributed by atoms with Crippen LogP contribution in [0.4, 0.5) is 5.13 Å². The number of morpholine rings is 1. The molecule has 2 fully saturated rings. The first kappa shape index (κ1) is 19.3. The third-order valence-corrected chi connectivity index (χ3v) is 6.68. The number of benzene rings is 1. The van der Waals surface area contributed by atoms with Gasteiger partial charge in [-0.15, -0.1) is 10.2 Å². The number of nitrogens with zero attached hydrogens (tertiary/aromatic N) is 4. The number of aromatic nitrogens is 2. The van der Waals surface area contributed by atoms with E-state index in [2.05, 4.69) is 20.0 Å². The Kier molecular flexibility index (Phi) is 6.19. The Morgan fingerprint density at radius 1 is 1.18 bits per heavy atom. The molecule has 1 aromatic carbocycles. The van der Waals surface area contributed by atoms with E-state index in [0.29, 0.717) is 18.4 Å². The number of carbonyl (C=O) groups is 1. The summed E-state index contributed by atoms with van der Waals surface area (Å²) in [6.45, 7) is 5.16. The van der Waals surface area contributed by atoms with Crippen LogP contribution in [0.25, 0.3) is 10.6 Å². The Morgan fingerprint density at radius 3 is 2.71 bits per heavy atom. The number of hydrogen-bond acceptors (Lipinski definition) is 7. The number of hydrogen-bond donors (Lipinski definition) is 1. The summed E-state index contributed by atoms with van der Waals surface area (Å²) in [5.74, 6) is -0.410. The molecule has 0 radical (unpaired) electrons. The first-order valence-corrected chi connectivity index (χ1v) is 10.7. The van der Waals surface area contributed by atoms with Gasteiger partial charge < -0.3 is 14.7 Å². The maximum Gasteiger partial charge on any atom is 0.303 e. The molecule has 7 nitrogen and oxygen atoms in total. The van der Waals surface area contributed by atoms with E-state index in [-0.39, 0.29) is 6.42 Å². The highest BCUT2D eigenvalue weighted by Crippen LogP contribution is 2.33. The van der Waals surface area contributed by atoms with Crippen LogP contribution in [-0.2, 0) is 9.53 Å². The van der Waals surface area contributed by atoms with Gasteiger partial charge in [0.05, 0.1) is 13.2 Å². The molecule has 8 heteroatoms. The van der Waals surface area contributed by atoms with Gasteiger partial charge in [0.2, 0.25) is 5.13 Å². The summed E-state index contributed by atoms with van der Waals surface area (Å²) in [5.41, 5.74) is 1.08. The van der Waals surface area contributed by atoms with Crippen molar-refractivity contribution in [3.63, 3.8) is 0 Å². The highest BCUT2D eigenvalue weighted by atomic mass is 32.1. The SMILES string of the molecule is O=C(O)CC[C@@H]1CN(c2nnc(-c3ccccc3)s2)CC[C@@H]1N1CCOCC1. The number of carboxylic acids is 1. The fourth-order valence-electron chi connectivity index (χ4n) is 4.22. The lowest BCUT2D eigenvalue weighted by Crippen LogP contribution is -2.54. The van der Waals surface area contributed by atoms with Crippen molar-refractivity contribution in [1.82, 2.24) is 15.1 Å². The lowest BCUT2D eigenvalue weighted by Gasteiger charge is -2.45. The molecule has 2 saturated heterocycles. The smallest absolute Gasteiger partial charge is 0.303 e. The molecule has 2 aliphatic heterocycles. The highest BCUT2D eigenvalue weighted by molar-refractivity contribution is 7.18. The minimum absolute atomic E-state index is 0.213. The van der Waals surface area contributed by atoms with Crippen LogP contribution in [0.15, 0.2) is 30.3 Å². The fourth-order valence-corrected chi connectivity index (χ4v) is 5.10. The average molecular weight is 403 g/mol. The minimum atomic E-state index is -0.722. The predicted molar refractivity (Wildman–Crippen MR) is 109 cm³/mol. The Hall–Kier alpha value is -2.03. The minimum Gasteiger partial charge on any atom is -0.481 e. The second-order valence-corrected chi connectivity index (χ2v) is 8.35. The van der Waals surface area contributed by atoms with Crippen LogP contribution in [-0.4, -0.2) is 71.6 Å². The molecule has 2 aliphatic rings. The van der Waals surface area contributed by atoms with Gasteiger partial charge in [0.25, 0.3) is 0 Å². The van der Waals surface area contributed by atoms with Gasteiger partial charge in [-0.2, -0.15) is 0 Å². The molecule has 4 rings (SSSR count). The quantitative estimate of drug-likeness (QED) is 0.796. The van der Waals surface area contributed by atoms with Crippen molar-refractivity contribution in [3.05, 3.63) is 30.3 Å². The third-order valence-electron chi connectivity index (χ3n) is 5.64. The Morgan fingerprint density at radius 2 is 1.96 bits per heavy atom. The van der Waals surface area contributed by atoms with Gasteiger partial charge in [0.1, 0.15) is 5.01 Å².